The Labute approximate surface area is 188 Å². The zero-order valence-electron chi connectivity index (χ0n) is 17.3. The summed E-state index contributed by atoms with van der Waals surface area (Å²) in [5.74, 6) is 0.789. The summed E-state index contributed by atoms with van der Waals surface area (Å²) in [6, 6.07) is 19.2. The summed E-state index contributed by atoms with van der Waals surface area (Å²) in [5, 5.41) is 12.1. The molecule has 2 aromatic carbocycles. The molecule has 3 heterocycles. The van der Waals surface area contributed by atoms with Gasteiger partial charge in [0.2, 0.25) is 0 Å². The van der Waals surface area contributed by atoms with Gasteiger partial charge in [-0.1, -0.05) is 52.8 Å². The van der Waals surface area contributed by atoms with Gasteiger partial charge in [0.05, 0.1) is 17.8 Å². The number of carbonyl (C=O) groups excluding carboxylic acids is 1. The van der Waals surface area contributed by atoms with Crippen molar-refractivity contribution in [3.8, 4) is 22.6 Å². The lowest BCUT2D eigenvalue weighted by atomic mass is 10.0. The van der Waals surface area contributed by atoms with Crippen molar-refractivity contribution < 1.29 is 14.2 Å². The summed E-state index contributed by atoms with van der Waals surface area (Å²) in [4.78, 5) is 24.6. The van der Waals surface area contributed by atoms with Gasteiger partial charge in [0.25, 0.3) is 11.8 Å². The summed E-state index contributed by atoms with van der Waals surface area (Å²) in [6.45, 7) is 0.347. The fourth-order valence-electron chi connectivity index (χ4n) is 3.82. The van der Waals surface area contributed by atoms with Gasteiger partial charge in [-0.15, -0.1) is 0 Å². The minimum atomic E-state index is -0.374. The highest BCUT2D eigenvalue weighted by molar-refractivity contribution is 7.08. The molecular weight excluding hydrogens is 424 g/mol. The molecule has 1 unspecified atom stereocenters. The molecule has 1 aliphatic heterocycles. The monoisotopic (exact) mass is 444 g/mol. The van der Waals surface area contributed by atoms with Crippen molar-refractivity contribution in [1.29, 1.82) is 0 Å². The predicted octanol–water partition coefficient (Wildman–Crippen LogP) is 5.05. The molecule has 1 fully saturated rings. The molecule has 8 heteroatoms. The number of oxime groups is 1. The first-order valence-corrected chi connectivity index (χ1v) is 11.1. The summed E-state index contributed by atoms with van der Waals surface area (Å²) in [6.07, 6.45) is 0.490. The summed E-state index contributed by atoms with van der Waals surface area (Å²) in [7, 11) is 1.50. The smallest absolute Gasteiger partial charge is 0.258 e. The van der Waals surface area contributed by atoms with Crippen LogP contribution in [0.4, 0.5) is 0 Å². The zero-order valence-corrected chi connectivity index (χ0v) is 18.2. The van der Waals surface area contributed by atoms with Crippen molar-refractivity contribution in [3.63, 3.8) is 0 Å². The Bertz CT molecular complexity index is 1230. The molecule has 1 atom stereocenters. The van der Waals surface area contributed by atoms with Crippen LogP contribution < -0.4 is 0 Å². The summed E-state index contributed by atoms with van der Waals surface area (Å²) < 4.78 is 5.45. The van der Waals surface area contributed by atoms with Gasteiger partial charge in [0.1, 0.15) is 13.2 Å². The number of benzene rings is 2. The molecule has 1 aliphatic rings. The third kappa shape index (κ3) is 3.92. The largest absolute Gasteiger partial charge is 0.399 e. The number of amides is 1. The maximum atomic E-state index is 13.4. The molecule has 0 bridgehead atoms. The maximum absolute atomic E-state index is 13.4. The first-order valence-electron chi connectivity index (χ1n) is 10.1. The average molecular weight is 445 g/mol. The van der Waals surface area contributed by atoms with Gasteiger partial charge in [0.15, 0.2) is 5.82 Å². The molecule has 1 amide bonds. The lowest BCUT2D eigenvalue weighted by molar-refractivity contribution is 0.0732. The molecule has 7 nitrogen and oxygen atoms in total. The van der Waals surface area contributed by atoms with E-state index in [1.54, 1.807) is 16.2 Å². The lowest BCUT2D eigenvalue weighted by Crippen LogP contribution is -2.31. The Hall–Kier alpha value is -3.78. The van der Waals surface area contributed by atoms with E-state index in [4.69, 9.17) is 9.36 Å². The molecule has 0 aliphatic carbocycles. The number of hydrogen-bond donors (Lipinski definition) is 0. The fourth-order valence-corrected chi connectivity index (χ4v) is 4.45. The van der Waals surface area contributed by atoms with Gasteiger partial charge >= 0.3 is 0 Å². The second kappa shape index (κ2) is 8.76. The highest BCUT2D eigenvalue weighted by atomic mass is 32.1. The normalized spacial score (nSPS) is 17.1. The molecule has 0 spiro atoms. The Morgan fingerprint density at radius 2 is 1.88 bits per heavy atom. The Kier molecular flexibility index (Phi) is 5.51. The topological polar surface area (TPSA) is 80.8 Å². The van der Waals surface area contributed by atoms with Crippen molar-refractivity contribution in [2.45, 2.75) is 12.5 Å². The number of thiophene rings is 1. The van der Waals surface area contributed by atoms with Gasteiger partial charge < -0.3 is 14.3 Å². The first kappa shape index (κ1) is 20.1. The fraction of sp³-hybridized carbons (Fsp3) is 0.167. The van der Waals surface area contributed by atoms with E-state index >= 15 is 0 Å². The van der Waals surface area contributed by atoms with Crippen molar-refractivity contribution in [2.75, 3.05) is 13.7 Å². The van der Waals surface area contributed by atoms with Crippen LogP contribution in [0.25, 0.3) is 22.6 Å². The molecule has 2 aromatic heterocycles. The Balaban J connectivity index is 1.42. The highest BCUT2D eigenvalue weighted by Gasteiger charge is 2.38. The van der Waals surface area contributed by atoms with E-state index < -0.39 is 0 Å². The standard InChI is InChI=1S/C24H20N4O3S/c1-30-26-20-13-21(22-25-23(31-27-22)19-11-12-32-15-19)28(14-20)24(29)18-9-7-17(8-10-18)16-5-3-2-4-6-16/h2-12,15,21H,13-14H2,1H3. The summed E-state index contributed by atoms with van der Waals surface area (Å²) in [5.41, 5.74) is 4.38. The van der Waals surface area contributed by atoms with E-state index in [9.17, 15) is 4.79 Å². The zero-order chi connectivity index (χ0) is 21.9. The molecule has 0 N–H and O–H groups in total. The number of hydrogen-bond acceptors (Lipinski definition) is 7. The van der Waals surface area contributed by atoms with E-state index in [1.165, 1.54) is 7.11 Å². The van der Waals surface area contributed by atoms with Crippen molar-refractivity contribution in [3.05, 3.63) is 82.8 Å². The van der Waals surface area contributed by atoms with Crippen molar-refractivity contribution in [1.82, 2.24) is 15.0 Å². The van der Waals surface area contributed by atoms with Crippen LogP contribution in [0, 0.1) is 0 Å². The Morgan fingerprint density at radius 1 is 1.09 bits per heavy atom. The lowest BCUT2D eigenvalue weighted by Gasteiger charge is -2.21. The first-order chi connectivity index (χ1) is 15.7. The second-order valence-corrected chi connectivity index (χ2v) is 8.19. The van der Waals surface area contributed by atoms with Crippen LogP contribution in [0.1, 0.15) is 28.6 Å². The van der Waals surface area contributed by atoms with Gasteiger partial charge in [-0.25, -0.2) is 0 Å². The van der Waals surface area contributed by atoms with Gasteiger partial charge in [-0.3, -0.25) is 4.79 Å². The molecule has 1 saturated heterocycles. The summed E-state index contributed by atoms with van der Waals surface area (Å²) >= 11 is 1.56. The van der Waals surface area contributed by atoms with Crippen LogP contribution in [0.2, 0.25) is 0 Å². The SMILES string of the molecule is CON=C1CC(c2noc(-c3ccsc3)n2)N(C(=O)c2ccc(-c3ccccc3)cc2)C1. The van der Waals surface area contributed by atoms with Crippen LogP contribution in [0.15, 0.2) is 81.1 Å². The second-order valence-electron chi connectivity index (χ2n) is 7.41. The number of carbonyl (C=O) groups is 1. The third-order valence-corrected chi connectivity index (χ3v) is 6.07. The third-order valence-electron chi connectivity index (χ3n) is 5.39. The van der Waals surface area contributed by atoms with Crippen LogP contribution >= 0.6 is 11.3 Å². The number of likely N-dealkylation sites (tertiary alicyclic amines) is 1. The van der Waals surface area contributed by atoms with Crippen LogP contribution in [-0.4, -0.2) is 40.3 Å². The molecule has 0 radical (unpaired) electrons. The van der Waals surface area contributed by atoms with E-state index in [1.807, 2.05) is 71.4 Å². The molecule has 5 rings (SSSR count). The number of rotatable bonds is 5. The van der Waals surface area contributed by atoms with Crippen LogP contribution in [0.5, 0.6) is 0 Å². The van der Waals surface area contributed by atoms with Gasteiger partial charge in [-0.05, 0) is 34.7 Å². The van der Waals surface area contributed by atoms with Gasteiger partial charge in [0, 0.05) is 17.4 Å². The Morgan fingerprint density at radius 3 is 2.59 bits per heavy atom. The molecule has 4 aromatic rings. The van der Waals surface area contributed by atoms with Crippen molar-refractivity contribution in [2.24, 2.45) is 5.16 Å². The van der Waals surface area contributed by atoms with Crippen LogP contribution in [-0.2, 0) is 4.84 Å². The minimum Gasteiger partial charge on any atom is -0.399 e. The van der Waals surface area contributed by atoms with Gasteiger partial charge in [-0.2, -0.15) is 16.3 Å². The van der Waals surface area contributed by atoms with E-state index in [0.717, 1.165) is 22.4 Å². The number of nitrogens with zero attached hydrogens (tertiary/aromatic N) is 4. The highest BCUT2D eigenvalue weighted by Crippen LogP contribution is 2.32. The minimum absolute atomic E-state index is 0.113. The molecule has 32 heavy (non-hydrogen) atoms. The average Bonchev–Trinajstić information content (AvgIpc) is 3.60. The molecular formula is C24H20N4O3S. The predicted molar refractivity (Wildman–Crippen MR) is 122 cm³/mol. The van der Waals surface area contributed by atoms with E-state index in [2.05, 4.69) is 15.3 Å². The molecule has 0 saturated carbocycles. The van der Waals surface area contributed by atoms with Crippen LogP contribution in [0.3, 0.4) is 0 Å². The quantitative estimate of drug-likeness (QED) is 0.402. The maximum Gasteiger partial charge on any atom is 0.258 e. The van der Waals surface area contributed by atoms with E-state index in [0.29, 0.717) is 30.2 Å². The van der Waals surface area contributed by atoms with E-state index in [-0.39, 0.29) is 11.9 Å². The number of aromatic nitrogens is 2. The molecule has 160 valence electrons. The van der Waals surface area contributed by atoms with Crippen molar-refractivity contribution >= 4 is 23.0 Å².